The lowest BCUT2D eigenvalue weighted by atomic mass is 9.83. The molecule has 2 rings (SSSR count). The van der Waals surface area contributed by atoms with E-state index in [4.69, 9.17) is 13.9 Å². The number of aliphatic carboxylic acids is 1. The highest BCUT2D eigenvalue weighted by Gasteiger charge is 2.58. The summed E-state index contributed by atoms with van der Waals surface area (Å²) in [6, 6.07) is -0.342. The van der Waals surface area contributed by atoms with Gasteiger partial charge in [0.2, 0.25) is 5.91 Å². The molecule has 0 spiro atoms. The Kier molecular flexibility index (Phi) is 10.9. The van der Waals surface area contributed by atoms with Crippen LogP contribution in [0.3, 0.4) is 0 Å². The maximum Gasteiger partial charge on any atom is 0.410 e. The summed E-state index contributed by atoms with van der Waals surface area (Å²) < 4.78 is 16.5. The number of nitrogens with one attached hydrogen (secondary N) is 1. The molecule has 3 atom stereocenters. The molecule has 0 radical (unpaired) electrons. The van der Waals surface area contributed by atoms with Gasteiger partial charge in [0.05, 0.1) is 18.1 Å². The van der Waals surface area contributed by atoms with E-state index in [0.29, 0.717) is 18.4 Å². The highest BCUT2D eigenvalue weighted by Crippen LogP contribution is 2.46. The van der Waals surface area contributed by atoms with Gasteiger partial charge in [0.25, 0.3) is 0 Å². The fraction of sp³-hybridized carbons (Fsp3) is 0.630. The Bertz CT molecular complexity index is 1000. The molecule has 0 aliphatic carbocycles. The molecule has 2 N–H and O–H groups in total. The minimum Gasteiger partial charge on any atom is -0.477 e. The Morgan fingerprint density at radius 2 is 1.82 bits per heavy atom. The van der Waals surface area contributed by atoms with Gasteiger partial charge in [-0.3, -0.25) is 4.79 Å². The van der Waals surface area contributed by atoms with Crippen molar-refractivity contribution in [1.82, 2.24) is 15.1 Å². The number of hydrogen-bond donors (Lipinski definition) is 2. The van der Waals surface area contributed by atoms with Gasteiger partial charge in [-0.2, -0.15) is 0 Å². The van der Waals surface area contributed by atoms with Crippen molar-refractivity contribution >= 4 is 32.4 Å². The van der Waals surface area contributed by atoms with E-state index in [2.05, 4.69) is 52.3 Å². The van der Waals surface area contributed by atoms with Crippen LogP contribution in [0.5, 0.6) is 0 Å². The smallest absolute Gasteiger partial charge is 0.410 e. The molecule has 39 heavy (non-hydrogen) atoms. The van der Waals surface area contributed by atoms with Crippen LogP contribution in [0.25, 0.3) is 0 Å². The van der Waals surface area contributed by atoms with Crippen molar-refractivity contribution in [3.05, 3.63) is 36.6 Å². The summed E-state index contributed by atoms with van der Waals surface area (Å²) in [5.41, 5.74) is 0.380. The van der Waals surface area contributed by atoms with Gasteiger partial charge in [0.15, 0.2) is 8.32 Å². The highest BCUT2D eigenvalue weighted by molar-refractivity contribution is 6.74. The number of carboxylic acids is 1. The predicted octanol–water partition coefficient (Wildman–Crippen LogP) is 3.89. The number of β-lactam (4-membered cyclic amide) rings is 1. The van der Waals surface area contributed by atoms with Gasteiger partial charge in [-0.1, -0.05) is 46.1 Å². The lowest BCUT2D eigenvalue weighted by molar-refractivity contribution is -0.160. The molecule has 0 bridgehead atoms. The molecule has 0 aromatic heterocycles. The first-order chi connectivity index (χ1) is 18.2. The van der Waals surface area contributed by atoms with Gasteiger partial charge in [-0.15, -0.1) is 0 Å². The Morgan fingerprint density at radius 3 is 2.38 bits per heavy atom. The van der Waals surface area contributed by atoms with Gasteiger partial charge in [0.1, 0.15) is 18.9 Å². The SMILES string of the molecule is C=CCOC(=O)NCCCN(CC1=C(C(=O)O)N2C(=O)[C@H]([C@@H](C)O[Si](C)(C)C(C)(C)C)[C@H]2C1)C(=O)OCC=C. The van der Waals surface area contributed by atoms with Crippen molar-refractivity contribution < 1.29 is 38.2 Å². The van der Waals surface area contributed by atoms with Crippen LogP contribution >= 0.6 is 0 Å². The van der Waals surface area contributed by atoms with E-state index in [1.54, 1.807) is 0 Å². The maximum absolute atomic E-state index is 13.2. The molecular formula is C27H43N3O8Si. The number of alkyl carbamates (subject to hydrolysis) is 1. The van der Waals surface area contributed by atoms with E-state index in [1.807, 2.05) is 6.92 Å². The summed E-state index contributed by atoms with van der Waals surface area (Å²) in [6.07, 6.45) is 1.96. The number of ether oxygens (including phenoxy) is 2. The van der Waals surface area contributed by atoms with Gasteiger partial charge in [-0.05, 0) is 43.5 Å². The number of hydrogen-bond acceptors (Lipinski definition) is 7. The second-order valence-electron chi connectivity index (χ2n) is 11.3. The Labute approximate surface area is 232 Å². The van der Waals surface area contributed by atoms with Gasteiger partial charge in [-0.25, -0.2) is 14.4 Å². The number of carbonyl (C=O) groups is 4. The summed E-state index contributed by atoms with van der Waals surface area (Å²) in [6.45, 7) is 20.0. The zero-order valence-electron chi connectivity index (χ0n) is 24.0. The number of rotatable bonds is 14. The molecule has 12 heteroatoms. The molecule has 1 fully saturated rings. The molecule has 0 unspecified atom stereocenters. The maximum atomic E-state index is 13.2. The van der Waals surface area contributed by atoms with Crippen molar-refractivity contribution in [2.75, 3.05) is 32.8 Å². The Hall–Kier alpha value is -3.12. The molecule has 218 valence electrons. The lowest BCUT2D eigenvalue weighted by Gasteiger charge is -2.48. The van der Waals surface area contributed by atoms with Crippen LogP contribution < -0.4 is 5.32 Å². The monoisotopic (exact) mass is 565 g/mol. The molecule has 3 amide bonds. The predicted molar refractivity (Wildman–Crippen MR) is 148 cm³/mol. The van der Waals surface area contributed by atoms with E-state index in [1.165, 1.54) is 22.0 Å². The summed E-state index contributed by atoms with van der Waals surface area (Å²) in [4.78, 5) is 52.5. The zero-order valence-corrected chi connectivity index (χ0v) is 25.0. The molecule has 2 aliphatic heterocycles. The van der Waals surface area contributed by atoms with E-state index in [-0.39, 0.29) is 61.6 Å². The summed E-state index contributed by atoms with van der Waals surface area (Å²) in [7, 11) is -2.15. The third-order valence-electron chi connectivity index (χ3n) is 7.47. The minimum atomic E-state index is -2.15. The third kappa shape index (κ3) is 7.72. The molecule has 2 aliphatic rings. The largest absolute Gasteiger partial charge is 0.477 e. The van der Waals surface area contributed by atoms with Gasteiger partial charge < -0.3 is 34.1 Å². The molecule has 1 saturated heterocycles. The zero-order chi connectivity index (χ0) is 29.5. The van der Waals surface area contributed by atoms with Crippen LogP contribution in [-0.4, -0.2) is 92.3 Å². The number of nitrogens with zero attached hydrogens (tertiary/aromatic N) is 2. The fourth-order valence-corrected chi connectivity index (χ4v) is 5.97. The quantitative estimate of drug-likeness (QED) is 0.140. The summed E-state index contributed by atoms with van der Waals surface area (Å²) in [5, 5.41) is 12.5. The lowest BCUT2D eigenvalue weighted by Crippen LogP contribution is -2.63. The van der Waals surface area contributed by atoms with Crippen LogP contribution in [0.4, 0.5) is 9.59 Å². The van der Waals surface area contributed by atoms with E-state index >= 15 is 0 Å². The van der Waals surface area contributed by atoms with Crippen LogP contribution in [0.1, 0.15) is 40.5 Å². The number of amides is 3. The van der Waals surface area contributed by atoms with Crippen molar-refractivity contribution in [2.24, 2.45) is 5.92 Å². The Balaban J connectivity index is 2.15. The number of fused-ring (bicyclic) bond motifs is 1. The third-order valence-corrected chi connectivity index (χ3v) is 12.0. The number of carboxylic acid groups (broad SMARTS) is 1. The second kappa shape index (κ2) is 13.3. The van der Waals surface area contributed by atoms with Gasteiger partial charge in [0, 0.05) is 19.6 Å². The molecule has 0 saturated carbocycles. The summed E-state index contributed by atoms with van der Waals surface area (Å²) >= 11 is 0. The highest BCUT2D eigenvalue weighted by atomic mass is 28.4. The standard InChI is InChI=1S/C27H43N3O8Si/c1-9-14-36-25(34)28-12-11-13-29(26(35)37-15-10-2)17-19-16-20-21(23(31)30(20)22(19)24(32)33)18(3)38-39(7,8)27(4,5)6/h9-10,18,20-21H,1-2,11-17H2,3-8H3,(H,28,34)(H,32,33)/t18-,20-,21-/m1/s1. The van der Waals surface area contributed by atoms with Crippen LogP contribution in [-0.2, 0) is 23.5 Å². The number of carbonyl (C=O) groups excluding carboxylic acids is 3. The molecule has 2 heterocycles. The van der Waals surface area contributed by atoms with E-state index in [9.17, 15) is 24.3 Å². The normalized spacial score (nSPS) is 19.5. The van der Waals surface area contributed by atoms with Crippen molar-refractivity contribution in [2.45, 2.75) is 70.8 Å². The average molecular weight is 566 g/mol. The fourth-order valence-electron chi connectivity index (χ4n) is 4.54. The van der Waals surface area contributed by atoms with Crippen molar-refractivity contribution in [3.63, 3.8) is 0 Å². The first-order valence-electron chi connectivity index (χ1n) is 13.2. The molecule has 11 nitrogen and oxygen atoms in total. The second-order valence-corrected chi connectivity index (χ2v) is 16.1. The first kappa shape index (κ1) is 32.1. The van der Waals surface area contributed by atoms with Crippen molar-refractivity contribution in [1.29, 1.82) is 0 Å². The van der Waals surface area contributed by atoms with Crippen molar-refractivity contribution in [3.8, 4) is 0 Å². The molecule has 0 aromatic carbocycles. The van der Waals surface area contributed by atoms with E-state index in [0.717, 1.165) is 0 Å². The van der Waals surface area contributed by atoms with Crippen LogP contribution in [0, 0.1) is 5.92 Å². The first-order valence-corrected chi connectivity index (χ1v) is 16.1. The summed E-state index contributed by atoms with van der Waals surface area (Å²) in [5.74, 6) is -1.96. The van der Waals surface area contributed by atoms with Crippen LogP contribution in [0.2, 0.25) is 18.1 Å². The Morgan fingerprint density at radius 1 is 1.21 bits per heavy atom. The topological polar surface area (TPSA) is 135 Å². The minimum absolute atomic E-state index is 0.0100. The average Bonchev–Trinajstić information content (AvgIpc) is 3.16. The van der Waals surface area contributed by atoms with Gasteiger partial charge >= 0.3 is 18.2 Å². The molecular weight excluding hydrogens is 522 g/mol. The van der Waals surface area contributed by atoms with Crippen LogP contribution in [0.15, 0.2) is 36.6 Å². The molecule has 0 aromatic rings. The van der Waals surface area contributed by atoms with E-state index < -0.39 is 32.4 Å².